The van der Waals surface area contributed by atoms with Crippen LogP contribution in [0.2, 0.25) is 0 Å². The van der Waals surface area contributed by atoms with Crippen LogP contribution in [0.25, 0.3) is 0 Å². The molecular weight excluding hydrogens is 228 g/mol. The highest BCUT2D eigenvalue weighted by Gasteiger charge is 2.27. The number of nitrogens with one attached hydrogen (secondary N) is 1. The molecule has 0 spiro atoms. The van der Waals surface area contributed by atoms with E-state index in [0.29, 0.717) is 24.2 Å². The lowest BCUT2D eigenvalue weighted by Crippen LogP contribution is -2.20. The van der Waals surface area contributed by atoms with Crippen LogP contribution < -0.4 is 5.69 Å². The van der Waals surface area contributed by atoms with E-state index in [-0.39, 0.29) is 11.7 Å². The highest BCUT2D eigenvalue weighted by molar-refractivity contribution is 5.24. The van der Waals surface area contributed by atoms with E-state index in [2.05, 4.69) is 10.2 Å². The van der Waals surface area contributed by atoms with E-state index in [0.717, 1.165) is 6.07 Å². The molecular formula is C11H9F2N3O. The number of aryl methyl sites for hydroxylation is 1. The van der Waals surface area contributed by atoms with Crippen LogP contribution in [0.4, 0.5) is 8.78 Å². The van der Waals surface area contributed by atoms with E-state index in [9.17, 15) is 13.6 Å². The first-order chi connectivity index (χ1) is 8.15. The molecule has 2 heterocycles. The Kier molecular flexibility index (Phi) is 2.10. The Balaban J connectivity index is 2.12. The first kappa shape index (κ1) is 10.2. The van der Waals surface area contributed by atoms with E-state index in [1.54, 1.807) is 0 Å². The van der Waals surface area contributed by atoms with Gasteiger partial charge in [0, 0.05) is 12.5 Å². The average molecular weight is 237 g/mol. The Morgan fingerprint density at radius 3 is 2.71 bits per heavy atom. The number of hydrogen-bond donors (Lipinski definition) is 1. The zero-order valence-corrected chi connectivity index (χ0v) is 8.78. The van der Waals surface area contributed by atoms with Gasteiger partial charge in [0.25, 0.3) is 0 Å². The zero-order valence-electron chi connectivity index (χ0n) is 8.78. The second-order valence-electron chi connectivity index (χ2n) is 4.07. The molecule has 0 fully saturated rings. The van der Waals surface area contributed by atoms with Gasteiger partial charge in [0.15, 0.2) is 0 Å². The Labute approximate surface area is 94.9 Å². The lowest BCUT2D eigenvalue weighted by atomic mass is 10.0. The van der Waals surface area contributed by atoms with Gasteiger partial charge in [0.2, 0.25) is 0 Å². The van der Waals surface area contributed by atoms with E-state index in [1.807, 2.05) is 0 Å². The first-order valence-corrected chi connectivity index (χ1v) is 5.27. The molecule has 1 unspecified atom stereocenters. The standard InChI is InChI=1S/C11H9F2N3O/c12-7-3-6(4-8(13)5-7)9-1-2-10-14-15-11(17)16(9)10/h3-5,9H,1-2H2,(H,15,17). The maximum absolute atomic E-state index is 13.1. The lowest BCUT2D eigenvalue weighted by molar-refractivity contribution is 0.553. The number of fused-ring (bicyclic) bond motifs is 1. The normalized spacial score (nSPS) is 18.4. The molecule has 2 aromatic rings. The van der Waals surface area contributed by atoms with Crippen molar-refractivity contribution >= 4 is 0 Å². The van der Waals surface area contributed by atoms with Crippen molar-refractivity contribution in [3.8, 4) is 0 Å². The van der Waals surface area contributed by atoms with Gasteiger partial charge in [-0.3, -0.25) is 4.57 Å². The summed E-state index contributed by atoms with van der Waals surface area (Å²) in [6.45, 7) is 0. The van der Waals surface area contributed by atoms with Crippen molar-refractivity contribution in [3.05, 3.63) is 51.7 Å². The van der Waals surface area contributed by atoms with Crippen LogP contribution in [0.1, 0.15) is 23.9 Å². The van der Waals surface area contributed by atoms with Crippen LogP contribution in [0.15, 0.2) is 23.0 Å². The predicted octanol–water partition coefficient (Wildman–Crippen LogP) is 1.39. The molecule has 0 saturated heterocycles. The molecule has 3 rings (SSSR count). The van der Waals surface area contributed by atoms with Crippen molar-refractivity contribution < 1.29 is 8.78 Å². The Bertz CT molecular complexity index is 612. The number of halogens is 2. The van der Waals surface area contributed by atoms with Crippen LogP contribution >= 0.6 is 0 Å². The van der Waals surface area contributed by atoms with Crippen molar-refractivity contribution in [2.75, 3.05) is 0 Å². The Hall–Kier alpha value is -1.98. The zero-order chi connectivity index (χ0) is 12.0. The third-order valence-corrected chi connectivity index (χ3v) is 3.00. The molecule has 0 bridgehead atoms. The van der Waals surface area contributed by atoms with Gasteiger partial charge in [-0.1, -0.05) is 0 Å². The van der Waals surface area contributed by atoms with E-state index >= 15 is 0 Å². The SMILES string of the molecule is O=c1[nH]nc2n1C(c1cc(F)cc(F)c1)CC2. The first-order valence-electron chi connectivity index (χ1n) is 5.27. The predicted molar refractivity (Wildman–Crippen MR) is 55.7 cm³/mol. The van der Waals surface area contributed by atoms with Crippen molar-refractivity contribution in [2.45, 2.75) is 18.9 Å². The minimum Gasteiger partial charge on any atom is -0.271 e. The maximum Gasteiger partial charge on any atom is 0.343 e. The van der Waals surface area contributed by atoms with E-state index < -0.39 is 11.6 Å². The Morgan fingerprint density at radius 1 is 1.29 bits per heavy atom. The fourth-order valence-electron chi connectivity index (χ4n) is 2.31. The summed E-state index contributed by atoms with van der Waals surface area (Å²) in [5, 5.41) is 6.19. The number of aromatic amines is 1. The summed E-state index contributed by atoms with van der Waals surface area (Å²) in [6, 6.07) is 2.99. The van der Waals surface area contributed by atoms with Crippen molar-refractivity contribution in [1.29, 1.82) is 0 Å². The van der Waals surface area contributed by atoms with Gasteiger partial charge in [-0.2, -0.15) is 5.10 Å². The number of H-pyrrole nitrogens is 1. The van der Waals surface area contributed by atoms with Gasteiger partial charge in [0.1, 0.15) is 17.5 Å². The molecule has 1 N–H and O–H groups in total. The molecule has 88 valence electrons. The molecule has 0 aliphatic carbocycles. The summed E-state index contributed by atoms with van der Waals surface area (Å²) in [6.07, 6.45) is 1.26. The molecule has 4 nitrogen and oxygen atoms in total. The van der Waals surface area contributed by atoms with Gasteiger partial charge in [-0.05, 0) is 24.1 Å². The monoisotopic (exact) mass is 237 g/mol. The van der Waals surface area contributed by atoms with Gasteiger partial charge in [-0.15, -0.1) is 0 Å². The molecule has 1 aromatic carbocycles. The number of benzene rings is 1. The number of aromatic nitrogens is 3. The van der Waals surface area contributed by atoms with E-state index in [4.69, 9.17) is 0 Å². The molecule has 1 aliphatic heterocycles. The molecule has 0 amide bonds. The van der Waals surface area contributed by atoms with Gasteiger partial charge >= 0.3 is 5.69 Å². The highest BCUT2D eigenvalue weighted by Crippen LogP contribution is 2.29. The van der Waals surface area contributed by atoms with Crippen molar-refractivity contribution in [3.63, 3.8) is 0 Å². The molecule has 0 saturated carbocycles. The fourth-order valence-corrected chi connectivity index (χ4v) is 2.31. The number of rotatable bonds is 1. The highest BCUT2D eigenvalue weighted by atomic mass is 19.1. The largest absolute Gasteiger partial charge is 0.343 e. The second-order valence-corrected chi connectivity index (χ2v) is 4.07. The molecule has 0 radical (unpaired) electrons. The average Bonchev–Trinajstić information content (AvgIpc) is 2.80. The summed E-state index contributed by atoms with van der Waals surface area (Å²) in [7, 11) is 0. The van der Waals surface area contributed by atoms with Crippen LogP contribution in [-0.2, 0) is 6.42 Å². The van der Waals surface area contributed by atoms with Crippen molar-refractivity contribution in [1.82, 2.24) is 14.8 Å². The summed E-state index contributed by atoms with van der Waals surface area (Å²) in [5.41, 5.74) is 0.122. The summed E-state index contributed by atoms with van der Waals surface area (Å²) >= 11 is 0. The molecule has 1 aliphatic rings. The summed E-state index contributed by atoms with van der Waals surface area (Å²) in [4.78, 5) is 11.5. The lowest BCUT2D eigenvalue weighted by Gasteiger charge is -2.12. The maximum atomic E-state index is 13.1. The molecule has 6 heteroatoms. The van der Waals surface area contributed by atoms with Gasteiger partial charge < -0.3 is 0 Å². The number of hydrogen-bond acceptors (Lipinski definition) is 2. The molecule has 1 aromatic heterocycles. The fraction of sp³-hybridized carbons (Fsp3) is 0.273. The summed E-state index contributed by atoms with van der Waals surface area (Å²) in [5.74, 6) is -0.639. The van der Waals surface area contributed by atoms with Crippen molar-refractivity contribution in [2.24, 2.45) is 0 Å². The van der Waals surface area contributed by atoms with Crippen LogP contribution in [0.3, 0.4) is 0 Å². The quantitative estimate of drug-likeness (QED) is 0.814. The number of nitrogens with zero attached hydrogens (tertiary/aromatic N) is 2. The van der Waals surface area contributed by atoms with E-state index in [1.165, 1.54) is 16.7 Å². The van der Waals surface area contributed by atoms with Crippen LogP contribution in [-0.4, -0.2) is 14.8 Å². The van der Waals surface area contributed by atoms with Crippen LogP contribution in [0.5, 0.6) is 0 Å². The topological polar surface area (TPSA) is 50.7 Å². The summed E-state index contributed by atoms with van der Waals surface area (Å²) < 4.78 is 27.7. The van der Waals surface area contributed by atoms with Gasteiger partial charge in [0.05, 0.1) is 6.04 Å². The molecule has 17 heavy (non-hydrogen) atoms. The minimum atomic E-state index is -0.634. The smallest absolute Gasteiger partial charge is 0.271 e. The van der Waals surface area contributed by atoms with Crippen LogP contribution in [0, 0.1) is 11.6 Å². The third kappa shape index (κ3) is 1.56. The van der Waals surface area contributed by atoms with Gasteiger partial charge in [-0.25, -0.2) is 18.7 Å². The second kappa shape index (κ2) is 3.51. The minimum absolute atomic E-state index is 0.332. The third-order valence-electron chi connectivity index (χ3n) is 3.00. The molecule has 1 atom stereocenters. The Morgan fingerprint density at radius 2 is 2.00 bits per heavy atom.